The molecule has 0 atom stereocenters. The zero-order chi connectivity index (χ0) is 6.41. The van der Waals surface area contributed by atoms with E-state index >= 15 is 0 Å². The molecule has 1 aromatic rings. The molecule has 0 aromatic heterocycles. The van der Waals surface area contributed by atoms with Crippen LogP contribution in [0.3, 0.4) is 0 Å². The van der Waals surface area contributed by atoms with Crippen LogP contribution in [0.5, 0.6) is 0 Å². The lowest BCUT2D eigenvalue weighted by molar-refractivity contribution is -0.104. The summed E-state index contributed by atoms with van der Waals surface area (Å²) in [5.41, 5.74) is 0.167. The van der Waals surface area contributed by atoms with E-state index < -0.39 is 0 Å². The van der Waals surface area contributed by atoms with Gasteiger partial charge in [-0.2, -0.15) is 0 Å². The number of carbonyl (C=O) groups excluding carboxylic acids is 1. The smallest absolute Gasteiger partial charge is 0.178 e. The maximum atomic E-state index is 9.44. The highest BCUT2D eigenvalue weighted by Gasteiger charge is 1.78. The van der Waals surface area contributed by atoms with E-state index in [9.17, 15) is 4.79 Å². The van der Waals surface area contributed by atoms with Gasteiger partial charge in [-0.1, -0.05) is 6.58 Å². The molecule has 0 aliphatic carbocycles. The first-order valence-electron chi connectivity index (χ1n) is 2.09. The Morgan fingerprint density at radius 2 is 1.75 bits per heavy atom. The van der Waals surface area contributed by atoms with Crippen LogP contribution in [-0.2, 0) is 4.79 Å². The van der Waals surface area contributed by atoms with E-state index in [0.29, 0.717) is 6.29 Å². The largest absolute Gasteiger partial charge is 0.299 e. The molecule has 0 heterocycles. The van der Waals surface area contributed by atoms with Gasteiger partial charge in [0, 0.05) is 0 Å². The lowest BCUT2D eigenvalue weighted by atomic mass is 10.8. The van der Waals surface area contributed by atoms with Crippen LogP contribution in [0.15, 0.2) is 29.6 Å². The van der Waals surface area contributed by atoms with Crippen LogP contribution in [0.2, 0.25) is 0 Å². The summed E-state index contributed by atoms with van der Waals surface area (Å²) in [6.45, 7) is 3.11. The lowest BCUT2D eigenvalue weighted by Crippen LogP contribution is -1.61. The van der Waals surface area contributed by atoms with Crippen molar-refractivity contribution >= 4 is 6.29 Å². The van der Waals surface area contributed by atoms with E-state index in [1.54, 1.807) is 0 Å². The number of rotatable bonds is 1. The summed E-state index contributed by atoms with van der Waals surface area (Å²) >= 11 is 0. The van der Waals surface area contributed by atoms with Crippen LogP contribution >= 0.6 is 0 Å². The van der Waals surface area contributed by atoms with Crippen molar-refractivity contribution in [3.63, 3.8) is 0 Å². The third-order valence-electron chi connectivity index (χ3n) is 0.399. The predicted octanol–water partition coefficient (Wildman–Crippen LogP) is 0.294. The standard InChI is InChI=1S/C3H2O.C3H4O/c4-3-1-2-3;1-2-3-4/h1-2H;2-3H,1H2. The van der Waals surface area contributed by atoms with E-state index in [1.807, 2.05) is 0 Å². The van der Waals surface area contributed by atoms with Gasteiger partial charge in [-0.25, -0.2) is 0 Å². The average Bonchev–Trinajstić information content (AvgIpc) is 2.52. The Hall–Kier alpha value is -1.18. The Kier molecular flexibility index (Phi) is 3.40. The molecule has 0 amide bonds. The second kappa shape index (κ2) is 3.99. The molecule has 0 saturated heterocycles. The Balaban J connectivity index is 0.000000122. The van der Waals surface area contributed by atoms with Crippen LogP contribution < -0.4 is 5.43 Å². The molecular formula is C6H6O2. The van der Waals surface area contributed by atoms with Crippen molar-refractivity contribution < 1.29 is 4.79 Å². The van der Waals surface area contributed by atoms with Gasteiger partial charge < -0.3 is 0 Å². The van der Waals surface area contributed by atoms with Gasteiger partial charge in [-0.3, -0.25) is 9.59 Å². The van der Waals surface area contributed by atoms with Gasteiger partial charge in [0.2, 0.25) is 0 Å². The van der Waals surface area contributed by atoms with E-state index in [1.165, 1.54) is 18.2 Å². The molecule has 1 rings (SSSR count). The number of hydrogen-bond donors (Lipinski definition) is 0. The van der Waals surface area contributed by atoms with Crippen LogP contribution in [-0.4, -0.2) is 6.29 Å². The zero-order valence-electron chi connectivity index (χ0n) is 4.33. The fourth-order valence-electron chi connectivity index (χ4n) is 0.0340. The highest BCUT2D eigenvalue weighted by Crippen LogP contribution is 1.61. The summed E-state index contributed by atoms with van der Waals surface area (Å²) in [5.74, 6) is 0. The summed E-state index contributed by atoms with van der Waals surface area (Å²) in [6.07, 6.45) is 1.83. The van der Waals surface area contributed by atoms with Crippen LogP contribution in [0.25, 0.3) is 0 Å². The fourth-order valence-corrected chi connectivity index (χ4v) is 0.0340. The number of allylic oxidation sites excluding steroid dienone is 1. The zero-order valence-corrected chi connectivity index (χ0v) is 4.33. The molecular weight excluding hydrogens is 104 g/mol. The molecule has 2 nitrogen and oxygen atoms in total. The first-order valence-corrected chi connectivity index (χ1v) is 2.09. The second-order valence-electron chi connectivity index (χ2n) is 1.11. The molecule has 0 bridgehead atoms. The summed E-state index contributed by atoms with van der Waals surface area (Å²) < 4.78 is 0. The quantitative estimate of drug-likeness (QED) is 0.384. The van der Waals surface area contributed by atoms with Gasteiger partial charge in [0.05, 0.1) is 0 Å². The van der Waals surface area contributed by atoms with Crippen molar-refractivity contribution in [1.82, 2.24) is 0 Å². The van der Waals surface area contributed by atoms with Crippen molar-refractivity contribution in [2.45, 2.75) is 0 Å². The minimum Gasteiger partial charge on any atom is -0.299 e. The molecule has 1 aromatic carbocycles. The first-order chi connectivity index (χ1) is 3.81. The molecule has 0 saturated carbocycles. The van der Waals surface area contributed by atoms with Crippen molar-refractivity contribution in [2.75, 3.05) is 0 Å². The van der Waals surface area contributed by atoms with Gasteiger partial charge in [0.25, 0.3) is 0 Å². The third kappa shape index (κ3) is 8.84. The molecule has 0 N–H and O–H groups in total. The van der Waals surface area contributed by atoms with Crippen molar-refractivity contribution in [2.24, 2.45) is 0 Å². The van der Waals surface area contributed by atoms with E-state index in [-0.39, 0.29) is 5.43 Å². The second-order valence-corrected chi connectivity index (χ2v) is 1.11. The van der Waals surface area contributed by atoms with Crippen molar-refractivity contribution in [3.05, 3.63) is 35.0 Å². The Bertz CT molecular complexity index is 152. The number of aldehydes is 1. The first kappa shape index (κ1) is 6.82. The summed E-state index contributed by atoms with van der Waals surface area (Å²) in [6, 6.07) is 3.06. The minimum atomic E-state index is 0.167. The maximum absolute atomic E-state index is 9.44. The van der Waals surface area contributed by atoms with Crippen molar-refractivity contribution in [3.8, 4) is 0 Å². The van der Waals surface area contributed by atoms with Crippen LogP contribution in [0.1, 0.15) is 0 Å². The summed E-state index contributed by atoms with van der Waals surface area (Å²) in [7, 11) is 0. The maximum Gasteiger partial charge on any atom is 0.178 e. The monoisotopic (exact) mass is 110 g/mol. The average molecular weight is 110 g/mol. The van der Waals surface area contributed by atoms with Crippen LogP contribution in [0.4, 0.5) is 0 Å². The molecule has 2 heteroatoms. The summed E-state index contributed by atoms with van der Waals surface area (Å²) in [4.78, 5) is 18.5. The number of hydrogen-bond acceptors (Lipinski definition) is 2. The Labute approximate surface area is 47.1 Å². The van der Waals surface area contributed by atoms with Gasteiger partial charge in [-0.05, 0) is 18.2 Å². The minimum absolute atomic E-state index is 0.167. The topological polar surface area (TPSA) is 34.1 Å². The third-order valence-corrected chi connectivity index (χ3v) is 0.399. The molecule has 0 unspecified atom stereocenters. The molecule has 0 aliphatic rings. The van der Waals surface area contributed by atoms with Gasteiger partial charge >= 0.3 is 0 Å². The van der Waals surface area contributed by atoms with Gasteiger partial charge in [0.1, 0.15) is 6.29 Å². The molecule has 42 valence electrons. The lowest BCUT2D eigenvalue weighted by Gasteiger charge is -1.37. The van der Waals surface area contributed by atoms with E-state index in [0.717, 1.165) is 0 Å². The normalized spacial score (nSPS) is 7.00. The fraction of sp³-hybridized carbons (Fsp3) is 0. The molecule has 0 spiro atoms. The molecule has 0 aliphatic heterocycles. The highest BCUT2D eigenvalue weighted by atomic mass is 16.1. The summed E-state index contributed by atoms with van der Waals surface area (Å²) in [5, 5.41) is 0. The highest BCUT2D eigenvalue weighted by molar-refractivity contribution is 5.63. The molecule has 0 fully saturated rings. The number of carbonyl (C=O) groups is 1. The molecule has 0 radical (unpaired) electrons. The Morgan fingerprint density at radius 3 is 1.75 bits per heavy atom. The van der Waals surface area contributed by atoms with Gasteiger partial charge in [0.15, 0.2) is 5.43 Å². The van der Waals surface area contributed by atoms with E-state index in [2.05, 4.69) is 6.58 Å². The molecule has 8 heavy (non-hydrogen) atoms. The SMILES string of the molecule is C=CC=O.O=c1cc1. The van der Waals surface area contributed by atoms with Gasteiger partial charge in [-0.15, -0.1) is 0 Å². The van der Waals surface area contributed by atoms with Crippen LogP contribution in [0, 0.1) is 0 Å². The predicted molar refractivity (Wildman–Crippen MR) is 31.3 cm³/mol. The van der Waals surface area contributed by atoms with E-state index in [4.69, 9.17) is 4.79 Å². The van der Waals surface area contributed by atoms with Crippen molar-refractivity contribution in [1.29, 1.82) is 0 Å². The Morgan fingerprint density at radius 1 is 1.50 bits per heavy atom.